The lowest BCUT2D eigenvalue weighted by molar-refractivity contribution is 0.182. The summed E-state index contributed by atoms with van der Waals surface area (Å²) in [6.07, 6.45) is 12.6. The molecule has 0 saturated heterocycles. The molecule has 0 bridgehead atoms. The predicted molar refractivity (Wildman–Crippen MR) is 92.2 cm³/mol. The van der Waals surface area contributed by atoms with Gasteiger partial charge < -0.3 is 5.32 Å². The summed E-state index contributed by atoms with van der Waals surface area (Å²) in [6, 6.07) is 0.692. The van der Waals surface area contributed by atoms with E-state index >= 15 is 0 Å². The summed E-state index contributed by atoms with van der Waals surface area (Å²) in [4.78, 5) is 2.63. The highest BCUT2D eigenvalue weighted by Crippen LogP contribution is 2.30. The first-order valence-corrected chi connectivity index (χ1v) is 8.97. The van der Waals surface area contributed by atoms with Crippen molar-refractivity contribution in [1.29, 1.82) is 0 Å². The van der Waals surface area contributed by atoms with Gasteiger partial charge in [0.1, 0.15) is 0 Å². The molecule has 2 aliphatic carbocycles. The van der Waals surface area contributed by atoms with Gasteiger partial charge in [0.25, 0.3) is 0 Å². The lowest BCUT2D eigenvalue weighted by Gasteiger charge is -2.29. The third-order valence-corrected chi connectivity index (χ3v) is 5.23. The Bertz CT molecular complexity index is 368. The van der Waals surface area contributed by atoms with E-state index in [-0.39, 0.29) is 0 Å². The molecular weight excluding hydrogens is 256 g/mol. The van der Waals surface area contributed by atoms with Crippen LogP contribution < -0.4 is 5.32 Å². The van der Waals surface area contributed by atoms with Crippen molar-refractivity contribution in [1.82, 2.24) is 10.2 Å². The Morgan fingerprint density at radius 1 is 1.33 bits per heavy atom. The molecule has 3 unspecified atom stereocenters. The van der Waals surface area contributed by atoms with E-state index in [1.807, 2.05) is 0 Å². The first kappa shape index (κ1) is 16.8. The second kappa shape index (κ2) is 8.14. The molecule has 0 heterocycles. The van der Waals surface area contributed by atoms with Crippen LogP contribution in [-0.2, 0) is 0 Å². The second-order valence-corrected chi connectivity index (χ2v) is 7.09. The number of rotatable bonds is 9. The normalized spacial score (nSPS) is 27.0. The average molecular weight is 290 g/mol. The zero-order valence-electron chi connectivity index (χ0n) is 14.4. The number of nitrogens with one attached hydrogen (secondary N) is 1. The summed E-state index contributed by atoms with van der Waals surface area (Å²) in [5.41, 5.74) is 1.46. The Kier molecular flexibility index (Phi) is 6.50. The fourth-order valence-corrected chi connectivity index (χ4v) is 3.20. The zero-order valence-corrected chi connectivity index (χ0v) is 14.4. The molecule has 2 heteroatoms. The van der Waals surface area contributed by atoms with E-state index in [0.717, 1.165) is 25.0 Å². The second-order valence-electron chi connectivity index (χ2n) is 7.09. The summed E-state index contributed by atoms with van der Waals surface area (Å²) in [7, 11) is 0. The van der Waals surface area contributed by atoms with E-state index in [2.05, 4.69) is 56.1 Å². The van der Waals surface area contributed by atoms with Gasteiger partial charge in [-0.05, 0) is 55.9 Å². The molecule has 0 aromatic heterocycles. The molecule has 0 spiro atoms. The quantitative estimate of drug-likeness (QED) is 0.640. The van der Waals surface area contributed by atoms with Crippen LogP contribution in [0.15, 0.2) is 23.8 Å². The summed E-state index contributed by atoms with van der Waals surface area (Å²) in [5.74, 6) is 2.40. The fraction of sp³-hybridized carbons (Fsp3) is 0.789. The molecule has 2 rings (SSSR count). The van der Waals surface area contributed by atoms with Gasteiger partial charge in [-0.2, -0.15) is 0 Å². The highest BCUT2D eigenvalue weighted by molar-refractivity contribution is 5.26. The molecule has 1 saturated carbocycles. The molecule has 120 valence electrons. The van der Waals surface area contributed by atoms with Crippen LogP contribution in [0.25, 0.3) is 0 Å². The van der Waals surface area contributed by atoms with E-state index in [0.29, 0.717) is 12.0 Å². The van der Waals surface area contributed by atoms with Crippen molar-refractivity contribution in [2.24, 2.45) is 17.8 Å². The van der Waals surface area contributed by atoms with E-state index in [9.17, 15) is 0 Å². The van der Waals surface area contributed by atoms with Crippen molar-refractivity contribution in [2.45, 2.75) is 59.4 Å². The first-order valence-electron chi connectivity index (χ1n) is 8.97. The highest BCUT2D eigenvalue weighted by Gasteiger charge is 2.25. The highest BCUT2D eigenvalue weighted by atomic mass is 15.2. The molecular formula is C19H34N2. The minimum absolute atomic E-state index is 0.689. The Hall–Kier alpha value is -0.600. The molecule has 0 aliphatic heterocycles. The summed E-state index contributed by atoms with van der Waals surface area (Å²) < 4.78 is 0. The van der Waals surface area contributed by atoms with Gasteiger partial charge in [0.15, 0.2) is 0 Å². The van der Waals surface area contributed by atoms with E-state index < -0.39 is 0 Å². The Balaban J connectivity index is 1.75. The maximum atomic E-state index is 3.66. The van der Waals surface area contributed by atoms with E-state index in [1.54, 1.807) is 0 Å². The van der Waals surface area contributed by atoms with Gasteiger partial charge in [0, 0.05) is 25.8 Å². The first-order chi connectivity index (χ1) is 10.1. The standard InChI is InChI=1S/C19H34N2/c1-5-16(4)21(13-17-7-8-17)14-20-12-18-9-10-19(6-2)15(3)11-18/h9-11,15-17,19-20H,5-8,12-14H2,1-4H3. The Morgan fingerprint density at radius 3 is 2.67 bits per heavy atom. The third-order valence-electron chi connectivity index (χ3n) is 5.23. The molecule has 0 aromatic rings. The topological polar surface area (TPSA) is 15.3 Å². The van der Waals surface area contributed by atoms with Crippen LogP contribution in [-0.4, -0.2) is 30.7 Å². The van der Waals surface area contributed by atoms with Crippen molar-refractivity contribution in [3.05, 3.63) is 23.8 Å². The van der Waals surface area contributed by atoms with Crippen molar-refractivity contribution in [3.8, 4) is 0 Å². The largest absolute Gasteiger partial charge is 0.300 e. The molecule has 3 atom stereocenters. The maximum Gasteiger partial charge on any atom is 0.0485 e. The number of allylic oxidation sites excluding steroid dienone is 2. The summed E-state index contributed by atoms with van der Waals surface area (Å²) in [5, 5.41) is 3.66. The van der Waals surface area contributed by atoms with E-state index in [1.165, 1.54) is 37.8 Å². The molecule has 1 fully saturated rings. The minimum Gasteiger partial charge on any atom is -0.300 e. The van der Waals surface area contributed by atoms with Crippen molar-refractivity contribution in [2.75, 3.05) is 19.8 Å². The van der Waals surface area contributed by atoms with Crippen LogP contribution in [0.1, 0.15) is 53.4 Å². The summed E-state index contributed by atoms with van der Waals surface area (Å²) >= 11 is 0. The lowest BCUT2D eigenvalue weighted by atomic mass is 9.85. The van der Waals surface area contributed by atoms with Gasteiger partial charge in [-0.3, -0.25) is 4.90 Å². The van der Waals surface area contributed by atoms with Crippen molar-refractivity contribution in [3.63, 3.8) is 0 Å². The van der Waals surface area contributed by atoms with Gasteiger partial charge in [0.05, 0.1) is 0 Å². The third kappa shape index (κ3) is 5.27. The van der Waals surface area contributed by atoms with Crippen LogP contribution in [0.5, 0.6) is 0 Å². The van der Waals surface area contributed by atoms with Gasteiger partial charge >= 0.3 is 0 Å². The predicted octanol–water partition coefficient (Wildman–Crippen LogP) is 4.20. The molecule has 2 aliphatic rings. The molecule has 21 heavy (non-hydrogen) atoms. The average Bonchev–Trinajstić information content (AvgIpc) is 3.29. The zero-order chi connectivity index (χ0) is 15.2. The number of hydrogen-bond donors (Lipinski definition) is 1. The van der Waals surface area contributed by atoms with Crippen molar-refractivity contribution >= 4 is 0 Å². The fourth-order valence-electron chi connectivity index (χ4n) is 3.20. The molecule has 1 N–H and O–H groups in total. The minimum atomic E-state index is 0.689. The smallest absolute Gasteiger partial charge is 0.0485 e. The van der Waals surface area contributed by atoms with Gasteiger partial charge in [-0.1, -0.05) is 39.0 Å². The maximum absolute atomic E-state index is 3.66. The van der Waals surface area contributed by atoms with Crippen molar-refractivity contribution < 1.29 is 0 Å². The SMILES string of the molecule is CCC1C=CC(CNCN(CC2CC2)C(C)CC)=CC1C. The molecule has 2 nitrogen and oxygen atoms in total. The number of hydrogen-bond acceptors (Lipinski definition) is 2. The monoisotopic (exact) mass is 290 g/mol. The van der Waals surface area contributed by atoms with Gasteiger partial charge in [-0.25, -0.2) is 0 Å². The number of nitrogens with zero attached hydrogens (tertiary/aromatic N) is 1. The van der Waals surface area contributed by atoms with Crippen LogP contribution in [0, 0.1) is 17.8 Å². The van der Waals surface area contributed by atoms with Crippen LogP contribution in [0.3, 0.4) is 0 Å². The van der Waals surface area contributed by atoms with Crippen LogP contribution in [0.4, 0.5) is 0 Å². The molecule has 0 radical (unpaired) electrons. The Morgan fingerprint density at radius 2 is 2.10 bits per heavy atom. The van der Waals surface area contributed by atoms with E-state index in [4.69, 9.17) is 0 Å². The molecule has 0 amide bonds. The molecule has 0 aromatic carbocycles. The van der Waals surface area contributed by atoms with Gasteiger partial charge in [0.2, 0.25) is 0 Å². The van der Waals surface area contributed by atoms with Crippen LogP contribution >= 0.6 is 0 Å². The van der Waals surface area contributed by atoms with Gasteiger partial charge in [-0.15, -0.1) is 0 Å². The summed E-state index contributed by atoms with van der Waals surface area (Å²) in [6.45, 7) is 12.6. The lowest BCUT2D eigenvalue weighted by Crippen LogP contribution is -2.42. The van der Waals surface area contributed by atoms with Crippen LogP contribution in [0.2, 0.25) is 0 Å². The Labute approximate surface area is 131 Å².